The first-order valence-electron chi connectivity index (χ1n) is 7.94. The molecule has 1 aliphatic carbocycles. The Morgan fingerprint density at radius 3 is 2.67 bits per heavy atom. The number of pyridine rings is 1. The van der Waals surface area contributed by atoms with E-state index in [0.717, 1.165) is 42.5 Å². The molecule has 0 saturated heterocycles. The predicted molar refractivity (Wildman–Crippen MR) is 97.4 cm³/mol. The molecule has 0 radical (unpaired) electrons. The van der Waals surface area contributed by atoms with E-state index in [1.807, 2.05) is 24.3 Å². The molecule has 24 heavy (non-hydrogen) atoms. The smallest absolute Gasteiger partial charge is 0.140 e. The van der Waals surface area contributed by atoms with Gasteiger partial charge in [-0.1, -0.05) is 35.5 Å². The van der Waals surface area contributed by atoms with Crippen LogP contribution >= 0.6 is 23.4 Å². The van der Waals surface area contributed by atoms with E-state index < -0.39 is 0 Å². The van der Waals surface area contributed by atoms with Gasteiger partial charge in [0.05, 0.1) is 11.3 Å². The zero-order chi connectivity index (χ0) is 17.1. The van der Waals surface area contributed by atoms with E-state index >= 15 is 0 Å². The lowest BCUT2D eigenvalue weighted by Crippen LogP contribution is -2.11. The fourth-order valence-electron chi connectivity index (χ4n) is 3.03. The third-order valence-electron chi connectivity index (χ3n) is 4.10. The Hall–Kier alpha value is -1.83. The van der Waals surface area contributed by atoms with E-state index in [4.69, 9.17) is 16.6 Å². The van der Waals surface area contributed by atoms with Crippen LogP contribution in [0.25, 0.3) is 11.1 Å². The molecule has 0 fully saturated rings. The van der Waals surface area contributed by atoms with Crippen molar-refractivity contribution >= 4 is 29.1 Å². The van der Waals surface area contributed by atoms with E-state index in [2.05, 4.69) is 6.07 Å². The van der Waals surface area contributed by atoms with Crippen molar-refractivity contribution in [3.8, 4) is 17.2 Å². The number of aryl methyl sites for hydroxylation is 1. The molecule has 0 spiro atoms. The van der Waals surface area contributed by atoms with Crippen molar-refractivity contribution in [3.05, 3.63) is 46.1 Å². The number of carbonyl (C=O) groups excluding carboxylic acids is 1. The second-order valence-corrected chi connectivity index (χ2v) is 7.31. The summed E-state index contributed by atoms with van der Waals surface area (Å²) in [5.41, 5.74) is 4.76. The number of Topliss-reactive ketones (excluding diaryl/α,β-unsaturated/α-hetero) is 1. The third kappa shape index (κ3) is 3.48. The molecule has 3 nitrogen and oxygen atoms in total. The van der Waals surface area contributed by atoms with Gasteiger partial charge in [0.25, 0.3) is 0 Å². The van der Waals surface area contributed by atoms with Crippen molar-refractivity contribution < 1.29 is 4.79 Å². The molecule has 1 aromatic carbocycles. The number of thioether (sulfide) groups is 1. The first-order valence-corrected chi connectivity index (χ1v) is 9.30. The molecule has 122 valence electrons. The number of rotatable bonds is 4. The summed E-state index contributed by atoms with van der Waals surface area (Å²) < 4.78 is 0. The van der Waals surface area contributed by atoms with Crippen LogP contribution < -0.4 is 0 Å². The van der Waals surface area contributed by atoms with Crippen molar-refractivity contribution in [1.29, 1.82) is 5.26 Å². The van der Waals surface area contributed by atoms with Gasteiger partial charge in [0.15, 0.2) is 0 Å². The van der Waals surface area contributed by atoms with Gasteiger partial charge in [-0.2, -0.15) is 5.26 Å². The average Bonchev–Trinajstić information content (AvgIpc) is 2.59. The summed E-state index contributed by atoms with van der Waals surface area (Å²) >= 11 is 7.37. The van der Waals surface area contributed by atoms with Crippen LogP contribution in [0.4, 0.5) is 0 Å². The van der Waals surface area contributed by atoms with Crippen LogP contribution in [-0.4, -0.2) is 16.5 Å². The molecular formula is C19H17ClN2OS. The number of halogens is 1. The molecule has 0 atom stereocenters. The Kier molecular flexibility index (Phi) is 5.23. The van der Waals surface area contributed by atoms with Crippen LogP contribution in [0, 0.1) is 11.3 Å². The fraction of sp³-hybridized carbons (Fsp3) is 0.316. The Bertz CT molecular complexity index is 825. The van der Waals surface area contributed by atoms with Gasteiger partial charge in [-0.15, -0.1) is 0 Å². The van der Waals surface area contributed by atoms with Gasteiger partial charge in [-0.3, -0.25) is 4.79 Å². The number of ketones is 1. The summed E-state index contributed by atoms with van der Waals surface area (Å²) in [6.45, 7) is 1.55. The van der Waals surface area contributed by atoms with Crippen molar-refractivity contribution in [2.24, 2.45) is 0 Å². The largest absolute Gasteiger partial charge is 0.299 e. The lowest BCUT2D eigenvalue weighted by Gasteiger charge is -2.22. The lowest BCUT2D eigenvalue weighted by atomic mass is 9.87. The maximum absolute atomic E-state index is 11.4. The van der Waals surface area contributed by atoms with E-state index in [0.29, 0.717) is 21.4 Å². The molecule has 0 aliphatic heterocycles. The quantitative estimate of drug-likeness (QED) is 0.736. The van der Waals surface area contributed by atoms with Gasteiger partial charge >= 0.3 is 0 Å². The number of hydrogen-bond donors (Lipinski definition) is 0. The van der Waals surface area contributed by atoms with Crippen LogP contribution in [0.1, 0.15) is 36.6 Å². The highest BCUT2D eigenvalue weighted by Crippen LogP contribution is 2.38. The van der Waals surface area contributed by atoms with Crippen molar-refractivity contribution in [1.82, 2.24) is 4.98 Å². The van der Waals surface area contributed by atoms with Gasteiger partial charge in [0.1, 0.15) is 16.9 Å². The SMILES string of the molecule is CC(=O)CSc1nc2c(c(-c3ccc(Cl)cc3)c1C#N)CCCC2. The summed E-state index contributed by atoms with van der Waals surface area (Å²) in [7, 11) is 0. The molecule has 0 unspecified atom stereocenters. The highest BCUT2D eigenvalue weighted by Gasteiger charge is 2.23. The van der Waals surface area contributed by atoms with Crippen LogP contribution in [0.3, 0.4) is 0 Å². The molecule has 2 aromatic rings. The first kappa shape index (κ1) is 17.0. The summed E-state index contributed by atoms with van der Waals surface area (Å²) in [5, 5.41) is 11.1. The zero-order valence-electron chi connectivity index (χ0n) is 13.4. The monoisotopic (exact) mass is 356 g/mol. The highest BCUT2D eigenvalue weighted by atomic mass is 35.5. The molecule has 0 bridgehead atoms. The molecule has 1 aromatic heterocycles. The Morgan fingerprint density at radius 2 is 2.00 bits per heavy atom. The van der Waals surface area contributed by atoms with Crippen LogP contribution in [0.15, 0.2) is 29.3 Å². The maximum Gasteiger partial charge on any atom is 0.140 e. The van der Waals surface area contributed by atoms with Crippen molar-refractivity contribution in [2.45, 2.75) is 37.6 Å². The van der Waals surface area contributed by atoms with Gasteiger partial charge in [-0.05, 0) is 55.9 Å². The van der Waals surface area contributed by atoms with E-state index in [9.17, 15) is 10.1 Å². The second kappa shape index (κ2) is 7.38. The van der Waals surface area contributed by atoms with Crippen LogP contribution in [0.5, 0.6) is 0 Å². The summed E-state index contributed by atoms with van der Waals surface area (Å²) in [5.74, 6) is 0.414. The zero-order valence-corrected chi connectivity index (χ0v) is 15.0. The number of aromatic nitrogens is 1. The number of carbonyl (C=O) groups is 1. The molecule has 1 heterocycles. The van der Waals surface area contributed by atoms with Crippen LogP contribution in [0.2, 0.25) is 5.02 Å². The molecule has 0 amide bonds. The lowest BCUT2D eigenvalue weighted by molar-refractivity contribution is -0.114. The fourth-order valence-corrected chi connectivity index (χ4v) is 3.96. The third-order valence-corrected chi connectivity index (χ3v) is 5.47. The van der Waals surface area contributed by atoms with Gasteiger partial charge in [0, 0.05) is 16.3 Å². The normalized spacial score (nSPS) is 13.2. The van der Waals surface area contributed by atoms with Crippen LogP contribution in [-0.2, 0) is 17.6 Å². The summed E-state index contributed by atoms with van der Waals surface area (Å²) in [6, 6.07) is 9.91. The van der Waals surface area contributed by atoms with Crippen molar-refractivity contribution in [2.75, 3.05) is 5.75 Å². The van der Waals surface area contributed by atoms with Gasteiger partial charge < -0.3 is 0 Å². The van der Waals surface area contributed by atoms with E-state index in [1.54, 1.807) is 6.92 Å². The minimum atomic E-state index is 0.0800. The Morgan fingerprint density at radius 1 is 1.29 bits per heavy atom. The minimum absolute atomic E-state index is 0.0800. The minimum Gasteiger partial charge on any atom is -0.299 e. The number of nitrogens with zero attached hydrogens (tertiary/aromatic N) is 2. The Balaban J connectivity index is 2.20. The molecule has 3 rings (SSSR count). The molecule has 0 N–H and O–H groups in total. The molecule has 5 heteroatoms. The summed E-state index contributed by atoms with van der Waals surface area (Å²) in [4.78, 5) is 16.1. The first-order chi connectivity index (χ1) is 11.6. The second-order valence-electron chi connectivity index (χ2n) is 5.91. The topological polar surface area (TPSA) is 53.8 Å². The Labute approximate surface area is 151 Å². The molecule has 1 aliphatic rings. The number of benzene rings is 1. The molecular weight excluding hydrogens is 340 g/mol. The highest BCUT2D eigenvalue weighted by molar-refractivity contribution is 8.00. The average molecular weight is 357 g/mol. The standard InChI is InChI=1S/C19H17ClN2OS/c1-12(23)11-24-19-16(10-21)18(13-6-8-14(20)9-7-13)15-4-2-3-5-17(15)22-19/h6-9H,2-5,11H2,1H3. The number of nitriles is 1. The number of fused-ring (bicyclic) bond motifs is 1. The van der Waals surface area contributed by atoms with Crippen molar-refractivity contribution in [3.63, 3.8) is 0 Å². The number of hydrogen-bond acceptors (Lipinski definition) is 4. The van der Waals surface area contributed by atoms with Gasteiger partial charge in [0.2, 0.25) is 0 Å². The summed E-state index contributed by atoms with van der Waals surface area (Å²) in [6.07, 6.45) is 4.09. The van der Waals surface area contributed by atoms with E-state index in [-0.39, 0.29) is 5.78 Å². The predicted octanol–water partition coefficient (Wildman–Crippen LogP) is 4.83. The van der Waals surface area contributed by atoms with Gasteiger partial charge in [-0.25, -0.2) is 4.98 Å². The van der Waals surface area contributed by atoms with E-state index in [1.165, 1.54) is 17.3 Å². The maximum atomic E-state index is 11.4. The molecule has 0 saturated carbocycles.